The molecule has 1 spiro atoms. The van der Waals surface area contributed by atoms with E-state index in [1.165, 1.54) is 6.26 Å². The van der Waals surface area contributed by atoms with Crippen LogP contribution in [0.15, 0.2) is 47.4 Å². The number of carbonyl (C=O) groups is 2. The average Bonchev–Trinajstić information content (AvgIpc) is 3.02. The summed E-state index contributed by atoms with van der Waals surface area (Å²) < 4.78 is 23.3. The van der Waals surface area contributed by atoms with Gasteiger partial charge in [0.15, 0.2) is 9.84 Å². The Kier molecular flexibility index (Phi) is 5.15. The molecular weight excluding hydrogens is 404 g/mol. The first-order valence-corrected chi connectivity index (χ1v) is 11.8. The molecule has 1 saturated heterocycles. The van der Waals surface area contributed by atoms with Gasteiger partial charge in [0.1, 0.15) is 0 Å². The highest BCUT2D eigenvalue weighted by Gasteiger charge is 2.48. The molecule has 0 aromatic heterocycles. The third-order valence-electron chi connectivity index (χ3n) is 6.30. The highest BCUT2D eigenvalue weighted by molar-refractivity contribution is 7.90. The van der Waals surface area contributed by atoms with Crippen LogP contribution >= 0.6 is 0 Å². The Labute approximate surface area is 175 Å². The minimum Gasteiger partial charge on any atom is -0.338 e. The summed E-state index contributed by atoms with van der Waals surface area (Å²) in [6.45, 7) is 1.10. The standard InChI is InChI=1S/C22H24N2O5S/c1-30(28,29)19-6-2-15(3-7-19)14-24-11-10-22(21(24)26)9-8-16-4-5-17(20(25)23-27)12-18(16)13-22/h2-7,12,27H,8-11,13-14H2,1H3,(H,23,25)/t22-/m0/s1. The van der Waals surface area contributed by atoms with E-state index >= 15 is 0 Å². The lowest BCUT2D eigenvalue weighted by atomic mass is 9.70. The van der Waals surface area contributed by atoms with Crippen molar-refractivity contribution in [1.29, 1.82) is 0 Å². The van der Waals surface area contributed by atoms with Gasteiger partial charge in [-0.1, -0.05) is 18.2 Å². The third-order valence-corrected chi connectivity index (χ3v) is 7.43. The number of carbonyl (C=O) groups excluding carboxylic acids is 2. The van der Waals surface area contributed by atoms with E-state index in [-0.39, 0.29) is 10.8 Å². The zero-order valence-corrected chi connectivity index (χ0v) is 17.5. The summed E-state index contributed by atoms with van der Waals surface area (Å²) >= 11 is 0. The van der Waals surface area contributed by atoms with E-state index in [1.807, 2.05) is 11.0 Å². The molecule has 0 saturated carbocycles. The van der Waals surface area contributed by atoms with Crippen molar-refractivity contribution in [2.45, 2.75) is 37.1 Å². The number of sulfone groups is 1. The van der Waals surface area contributed by atoms with Gasteiger partial charge in [-0.05, 0) is 66.6 Å². The van der Waals surface area contributed by atoms with Crippen molar-refractivity contribution in [3.63, 3.8) is 0 Å². The molecule has 8 heteroatoms. The normalized spacial score (nSPS) is 21.0. The van der Waals surface area contributed by atoms with Crippen molar-refractivity contribution in [1.82, 2.24) is 10.4 Å². The zero-order chi connectivity index (χ0) is 21.5. The van der Waals surface area contributed by atoms with Crippen molar-refractivity contribution in [2.75, 3.05) is 12.8 Å². The van der Waals surface area contributed by atoms with Gasteiger partial charge in [-0.15, -0.1) is 0 Å². The molecule has 1 atom stereocenters. The zero-order valence-electron chi connectivity index (χ0n) is 16.7. The number of amides is 2. The predicted octanol–water partition coefficient (Wildman–Crippen LogP) is 2.12. The number of hydrogen-bond acceptors (Lipinski definition) is 5. The number of nitrogens with one attached hydrogen (secondary N) is 1. The largest absolute Gasteiger partial charge is 0.338 e. The van der Waals surface area contributed by atoms with Gasteiger partial charge >= 0.3 is 0 Å². The topological polar surface area (TPSA) is 104 Å². The molecule has 158 valence electrons. The lowest BCUT2D eigenvalue weighted by Crippen LogP contribution is -2.38. The molecule has 0 bridgehead atoms. The van der Waals surface area contributed by atoms with E-state index in [0.717, 1.165) is 36.0 Å². The van der Waals surface area contributed by atoms with Gasteiger partial charge in [0, 0.05) is 24.9 Å². The molecule has 4 rings (SSSR count). The molecule has 1 aliphatic heterocycles. The molecule has 2 aromatic carbocycles. The lowest BCUT2D eigenvalue weighted by molar-refractivity contribution is -0.137. The first-order valence-electron chi connectivity index (χ1n) is 9.86. The summed E-state index contributed by atoms with van der Waals surface area (Å²) in [7, 11) is -3.24. The van der Waals surface area contributed by atoms with Crippen molar-refractivity contribution < 1.29 is 23.2 Å². The summed E-state index contributed by atoms with van der Waals surface area (Å²) in [6, 6.07) is 12.0. The minimum atomic E-state index is -3.24. The molecule has 1 heterocycles. The number of nitrogens with zero attached hydrogens (tertiary/aromatic N) is 1. The van der Waals surface area contributed by atoms with Crippen molar-refractivity contribution in [2.24, 2.45) is 5.41 Å². The fourth-order valence-corrected chi connectivity index (χ4v) is 5.20. The Bertz CT molecular complexity index is 1110. The second-order valence-electron chi connectivity index (χ2n) is 8.27. The number of aryl methyl sites for hydroxylation is 1. The third kappa shape index (κ3) is 3.73. The highest BCUT2D eigenvalue weighted by Crippen LogP contribution is 2.44. The van der Waals surface area contributed by atoms with E-state index < -0.39 is 21.2 Å². The quantitative estimate of drug-likeness (QED) is 0.573. The maximum absolute atomic E-state index is 13.3. The Morgan fingerprint density at radius 3 is 2.53 bits per heavy atom. The molecule has 2 amide bonds. The summed E-state index contributed by atoms with van der Waals surface area (Å²) in [5.41, 5.74) is 4.58. The van der Waals surface area contributed by atoms with Crippen LogP contribution in [0, 0.1) is 5.41 Å². The summed E-state index contributed by atoms with van der Waals surface area (Å²) in [5, 5.41) is 8.88. The first-order chi connectivity index (χ1) is 14.2. The van der Waals surface area contributed by atoms with Gasteiger partial charge in [-0.3, -0.25) is 14.8 Å². The van der Waals surface area contributed by atoms with E-state index in [4.69, 9.17) is 5.21 Å². The lowest BCUT2D eigenvalue weighted by Gasteiger charge is -2.33. The summed E-state index contributed by atoms with van der Waals surface area (Å²) in [5.74, 6) is -0.452. The molecule has 0 radical (unpaired) electrons. The molecule has 2 aromatic rings. The maximum Gasteiger partial charge on any atom is 0.274 e. The SMILES string of the molecule is CS(=O)(=O)c1ccc(CN2CC[C@]3(CCc4ccc(C(=O)NO)cc4C3)C2=O)cc1. The van der Waals surface area contributed by atoms with Crippen molar-refractivity contribution >= 4 is 21.7 Å². The smallest absolute Gasteiger partial charge is 0.274 e. The van der Waals surface area contributed by atoms with Gasteiger partial charge in [0.05, 0.1) is 10.3 Å². The Hall–Kier alpha value is -2.71. The van der Waals surface area contributed by atoms with E-state index in [2.05, 4.69) is 0 Å². The van der Waals surface area contributed by atoms with Crippen LogP contribution in [0.2, 0.25) is 0 Å². The second-order valence-corrected chi connectivity index (χ2v) is 10.3. The number of rotatable bonds is 4. The number of hydroxylamine groups is 1. The fraction of sp³-hybridized carbons (Fsp3) is 0.364. The maximum atomic E-state index is 13.3. The van der Waals surface area contributed by atoms with Gasteiger partial charge < -0.3 is 4.90 Å². The highest BCUT2D eigenvalue weighted by atomic mass is 32.2. The van der Waals surface area contributed by atoms with E-state index in [0.29, 0.717) is 25.1 Å². The van der Waals surface area contributed by atoms with Crippen LogP contribution in [-0.2, 0) is 34.0 Å². The van der Waals surface area contributed by atoms with Crippen LogP contribution in [0.25, 0.3) is 0 Å². The van der Waals surface area contributed by atoms with Crippen molar-refractivity contribution in [3.8, 4) is 0 Å². The first kappa shape index (κ1) is 20.6. The molecule has 1 fully saturated rings. The molecule has 30 heavy (non-hydrogen) atoms. The van der Waals surface area contributed by atoms with Crippen LogP contribution in [0.1, 0.15) is 39.9 Å². The second kappa shape index (κ2) is 7.52. The van der Waals surface area contributed by atoms with Crippen LogP contribution in [-0.4, -0.2) is 43.1 Å². The molecule has 7 nitrogen and oxygen atoms in total. The summed E-state index contributed by atoms with van der Waals surface area (Å²) in [6.07, 6.45) is 4.06. The minimum absolute atomic E-state index is 0.109. The number of hydrogen-bond donors (Lipinski definition) is 2. The predicted molar refractivity (Wildman–Crippen MR) is 110 cm³/mol. The van der Waals surface area contributed by atoms with E-state index in [1.54, 1.807) is 41.9 Å². The molecule has 2 N–H and O–H groups in total. The van der Waals surface area contributed by atoms with Crippen LogP contribution in [0.5, 0.6) is 0 Å². The fourth-order valence-electron chi connectivity index (χ4n) is 4.57. The molecular formula is C22H24N2O5S. The van der Waals surface area contributed by atoms with Crippen molar-refractivity contribution in [3.05, 3.63) is 64.7 Å². The summed E-state index contributed by atoms with van der Waals surface area (Å²) in [4.78, 5) is 27.2. The number of fused-ring (bicyclic) bond motifs is 1. The Morgan fingerprint density at radius 1 is 1.13 bits per heavy atom. The molecule has 1 aliphatic carbocycles. The van der Waals surface area contributed by atoms with Crippen LogP contribution in [0.3, 0.4) is 0 Å². The Balaban J connectivity index is 1.51. The van der Waals surface area contributed by atoms with Gasteiger partial charge in [0.25, 0.3) is 5.91 Å². The molecule has 0 unspecified atom stereocenters. The van der Waals surface area contributed by atoms with Crippen LogP contribution < -0.4 is 5.48 Å². The van der Waals surface area contributed by atoms with Gasteiger partial charge in [-0.2, -0.15) is 0 Å². The monoisotopic (exact) mass is 428 g/mol. The molecule has 2 aliphatic rings. The Morgan fingerprint density at radius 2 is 1.87 bits per heavy atom. The number of likely N-dealkylation sites (tertiary alicyclic amines) is 1. The number of benzene rings is 2. The average molecular weight is 429 g/mol. The van der Waals surface area contributed by atoms with Crippen LogP contribution in [0.4, 0.5) is 0 Å². The van der Waals surface area contributed by atoms with Gasteiger partial charge in [0.2, 0.25) is 5.91 Å². The van der Waals surface area contributed by atoms with Gasteiger partial charge in [-0.25, -0.2) is 13.9 Å². The van der Waals surface area contributed by atoms with E-state index in [9.17, 15) is 18.0 Å².